The number of halogens is 2. The first-order valence-corrected chi connectivity index (χ1v) is 32.3. The van der Waals surface area contributed by atoms with E-state index < -0.39 is 0 Å². The molecule has 4 heteroatoms. The van der Waals surface area contributed by atoms with Crippen molar-refractivity contribution in [3.8, 4) is 44.5 Å². The Bertz CT molecular complexity index is 4800. The van der Waals surface area contributed by atoms with Crippen LogP contribution < -0.4 is 9.80 Å². The van der Waals surface area contributed by atoms with E-state index in [0.717, 1.165) is 121 Å². The molecule has 0 unspecified atom stereocenters. The second kappa shape index (κ2) is 22.5. The molecule has 454 valence electrons. The molecule has 2 nitrogen and oxygen atoms in total. The molecule has 0 bridgehead atoms. The third-order valence-electron chi connectivity index (χ3n) is 18.9. The molecule has 0 radical (unpaired) electrons. The van der Waals surface area contributed by atoms with Gasteiger partial charge in [-0.1, -0.05) is 277 Å². The number of fused-ring (bicyclic) bond motifs is 2. The zero-order chi connectivity index (χ0) is 64.2. The fourth-order valence-electron chi connectivity index (χ4n) is 13.6. The molecule has 0 spiro atoms. The smallest absolute Gasteiger partial charge is 0.148 e. The molecule has 0 saturated carbocycles. The van der Waals surface area contributed by atoms with Crippen LogP contribution in [-0.2, 0) is 21.7 Å². The van der Waals surface area contributed by atoms with Gasteiger partial charge in [-0.05, 0) is 181 Å². The molecule has 92 heavy (non-hydrogen) atoms. The normalized spacial score (nSPS) is 12.5. The van der Waals surface area contributed by atoms with Crippen LogP contribution in [-0.4, -0.2) is 0 Å². The van der Waals surface area contributed by atoms with Crippen molar-refractivity contribution in [1.29, 1.82) is 0 Å². The topological polar surface area (TPSA) is 6.48 Å². The molecule has 0 fully saturated rings. The van der Waals surface area contributed by atoms with E-state index in [1.807, 2.05) is 0 Å². The van der Waals surface area contributed by atoms with Gasteiger partial charge in [0.15, 0.2) is 0 Å². The van der Waals surface area contributed by atoms with Crippen molar-refractivity contribution < 1.29 is 8.78 Å². The quantitative estimate of drug-likeness (QED) is 0.126. The van der Waals surface area contributed by atoms with E-state index in [9.17, 15) is 0 Å². The van der Waals surface area contributed by atoms with Crippen molar-refractivity contribution in [3.63, 3.8) is 0 Å². The molecule has 0 N–H and O–H groups in total. The molecule has 0 atom stereocenters. The van der Waals surface area contributed by atoms with Crippen molar-refractivity contribution in [2.75, 3.05) is 9.80 Å². The largest absolute Gasteiger partial charge is 0.307 e. The van der Waals surface area contributed by atoms with E-state index in [1.54, 1.807) is 12.1 Å². The van der Waals surface area contributed by atoms with Gasteiger partial charge in [0.25, 0.3) is 0 Å². The van der Waals surface area contributed by atoms with Gasteiger partial charge in [0.1, 0.15) is 11.6 Å². The summed E-state index contributed by atoms with van der Waals surface area (Å²) in [6, 6.07) is 89.5. The molecule has 0 amide bonds. The second-order valence-corrected chi connectivity index (χ2v) is 29.3. The number of benzene rings is 14. The van der Waals surface area contributed by atoms with Crippen LogP contribution in [0.3, 0.4) is 0 Å². The standard InChI is InChI=1S/C88H78F2N2/c1-85(2,3)67-35-21-57(22-36-67)65-51-75(59-25-39-69(40-26-59)87(7,8)9)83(77(89)53-65)91(71-43-29-55-17-13-15-19-63(55)49-71)79-47-33-61-32-46-74-80(48-34-62-31-45-73(79)81(61)82(62)74)92(72-44-30-56-18-14-16-20-64(56)50-72)84-76(60-27-41-70(42-28-60)88(10,11)12)52-66(54-78(84)90)58-23-37-68(38-24-58)86(4,5)6/h13-54H,1-12H3. The number of nitrogens with zero attached hydrogens (tertiary/aromatic N) is 2. The van der Waals surface area contributed by atoms with E-state index >= 15 is 8.78 Å². The van der Waals surface area contributed by atoms with Crippen LogP contribution in [0.4, 0.5) is 42.9 Å². The SMILES string of the molecule is CC(C)(C)c1ccc(-c2cc(F)c(N(c3ccc4ccccc4c3)c3ccc4ccc5c(N(c6ccc7ccccc7c6)c6c(F)cc(-c7ccc(C(C)(C)C)cc7)cc6-c6ccc(C(C)(C)C)cc6)ccc6ccc3c4c65)c(-c3ccc(C(C)(C)C)cc3)c2)cc1. The van der Waals surface area contributed by atoms with Crippen LogP contribution in [0.5, 0.6) is 0 Å². The molecule has 0 aliphatic heterocycles. The molecule has 14 rings (SSSR count). The molecule has 14 aromatic carbocycles. The van der Waals surface area contributed by atoms with Gasteiger partial charge < -0.3 is 9.80 Å². The lowest BCUT2D eigenvalue weighted by Crippen LogP contribution is -2.15. The van der Waals surface area contributed by atoms with Crippen molar-refractivity contribution >= 4 is 88.0 Å². The number of anilines is 6. The molecule has 14 aromatic rings. The zero-order valence-corrected chi connectivity index (χ0v) is 54.9. The summed E-state index contributed by atoms with van der Waals surface area (Å²) in [5, 5.41) is 10.3. The minimum Gasteiger partial charge on any atom is -0.307 e. The maximum atomic E-state index is 18.7. The monoisotopic (exact) mass is 1200 g/mol. The average Bonchev–Trinajstić information content (AvgIpc) is 0.730. The van der Waals surface area contributed by atoms with Gasteiger partial charge in [-0.15, -0.1) is 0 Å². The lowest BCUT2D eigenvalue weighted by atomic mass is 9.85. The van der Waals surface area contributed by atoms with Gasteiger partial charge in [0.2, 0.25) is 0 Å². The molecule has 0 saturated heterocycles. The first-order chi connectivity index (χ1) is 43.9. The van der Waals surface area contributed by atoms with Gasteiger partial charge >= 0.3 is 0 Å². The van der Waals surface area contributed by atoms with E-state index in [4.69, 9.17) is 0 Å². The summed E-state index contributed by atoms with van der Waals surface area (Å²) in [5.41, 5.74) is 15.6. The Morgan fingerprint density at radius 2 is 0.543 bits per heavy atom. The van der Waals surface area contributed by atoms with Crippen LogP contribution in [0.2, 0.25) is 0 Å². The number of rotatable bonds is 10. The molecule has 0 heterocycles. The minimum absolute atomic E-state index is 0.0415. The van der Waals surface area contributed by atoms with Crippen molar-refractivity contribution in [2.24, 2.45) is 0 Å². The van der Waals surface area contributed by atoms with Crippen LogP contribution in [0.15, 0.2) is 255 Å². The summed E-state index contributed by atoms with van der Waals surface area (Å²) >= 11 is 0. The Hall–Kier alpha value is -9.90. The van der Waals surface area contributed by atoms with Gasteiger partial charge in [0.05, 0.1) is 22.7 Å². The Labute approximate surface area is 541 Å². The summed E-state index contributed by atoms with van der Waals surface area (Å²) in [6.07, 6.45) is 0. The molecule has 0 aromatic heterocycles. The summed E-state index contributed by atoms with van der Waals surface area (Å²) in [4.78, 5) is 4.31. The van der Waals surface area contributed by atoms with E-state index in [-0.39, 0.29) is 33.3 Å². The van der Waals surface area contributed by atoms with Crippen LogP contribution in [0.25, 0.3) is 98.4 Å². The Morgan fingerprint density at radius 3 is 0.870 bits per heavy atom. The van der Waals surface area contributed by atoms with Crippen LogP contribution in [0, 0.1) is 11.6 Å². The molecular weight excluding hydrogens is 1120 g/mol. The minimum atomic E-state index is -0.344. The van der Waals surface area contributed by atoms with Gasteiger partial charge in [-0.3, -0.25) is 0 Å². The lowest BCUT2D eigenvalue weighted by molar-refractivity contribution is 0.590. The first-order valence-electron chi connectivity index (χ1n) is 32.3. The van der Waals surface area contributed by atoms with Crippen LogP contribution in [0.1, 0.15) is 105 Å². The summed E-state index contributed by atoms with van der Waals surface area (Å²) in [5.74, 6) is -0.688. The first kappa shape index (κ1) is 59.7. The molecule has 0 aliphatic carbocycles. The van der Waals surface area contributed by atoms with E-state index in [2.05, 4.69) is 336 Å². The Kier molecular flexibility index (Phi) is 14.6. The summed E-state index contributed by atoms with van der Waals surface area (Å²) in [7, 11) is 0. The predicted molar refractivity (Wildman–Crippen MR) is 391 cm³/mol. The maximum absolute atomic E-state index is 18.7. The fourth-order valence-corrected chi connectivity index (χ4v) is 13.6. The van der Waals surface area contributed by atoms with E-state index in [0.29, 0.717) is 11.4 Å². The maximum Gasteiger partial charge on any atom is 0.148 e. The second-order valence-electron chi connectivity index (χ2n) is 29.3. The highest BCUT2D eigenvalue weighted by Crippen LogP contribution is 2.53. The highest BCUT2D eigenvalue weighted by molar-refractivity contribution is 6.28. The van der Waals surface area contributed by atoms with Crippen molar-refractivity contribution in [1.82, 2.24) is 0 Å². The molecule has 0 aliphatic rings. The third kappa shape index (κ3) is 10.9. The van der Waals surface area contributed by atoms with Crippen molar-refractivity contribution in [3.05, 3.63) is 289 Å². The lowest BCUT2D eigenvalue weighted by Gasteiger charge is -2.32. The number of hydrogen-bond acceptors (Lipinski definition) is 2. The fraction of sp³-hybridized carbons (Fsp3) is 0.182. The highest BCUT2D eigenvalue weighted by Gasteiger charge is 2.30. The summed E-state index contributed by atoms with van der Waals surface area (Å²) < 4.78 is 37.3. The van der Waals surface area contributed by atoms with Gasteiger partial charge in [-0.25, -0.2) is 8.78 Å². The third-order valence-corrected chi connectivity index (χ3v) is 18.9. The van der Waals surface area contributed by atoms with Gasteiger partial charge in [0, 0.05) is 33.3 Å². The molecular formula is C88H78F2N2. The highest BCUT2D eigenvalue weighted by atomic mass is 19.1. The zero-order valence-electron chi connectivity index (χ0n) is 54.9. The van der Waals surface area contributed by atoms with Crippen LogP contribution >= 0.6 is 0 Å². The average molecular weight is 1200 g/mol. The predicted octanol–water partition coefficient (Wildman–Crippen LogP) is 26.0. The van der Waals surface area contributed by atoms with Crippen molar-refractivity contribution in [2.45, 2.75) is 105 Å². The Balaban J connectivity index is 1.03. The van der Waals surface area contributed by atoms with Gasteiger partial charge in [-0.2, -0.15) is 0 Å². The summed E-state index contributed by atoms with van der Waals surface area (Å²) in [6.45, 7) is 26.6. The van der Waals surface area contributed by atoms with E-state index in [1.165, 1.54) is 22.3 Å². The Morgan fingerprint density at radius 1 is 0.250 bits per heavy atom. The number of hydrogen-bond donors (Lipinski definition) is 0.